The van der Waals surface area contributed by atoms with Gasteiger partial charge in [0.15, 0.2) is 0 Å². The molecule has 8 nitrogen and oxygen atoms in total. The Kier molecular flexibility index (Phi) is 9.88. The van der Waals surface area contributed by atoms with Crippen molar-refractivity contribution in [2.24, 2.45) is 17.3 Å². The lowest BCUT2D eigenvalue weighted by atomic mass is 9.72. The maximum atomic E-state index is 14.5. The monoisotopic (exact) mass is 628 g/mol. The van der Waals surface area contributed by atoms with Gasteiger partial charge in [-0.2, -0.15) is 0 Å². The zero-order valence-electron chi connectivity index (χ0n) is 28.2. The molecule has 1 aliphatic heterocycles. The topological polar surface area (TPSA) is 95.0 Å². The highest BCUT2D eigenvalue weighted by atomic mass is 19.3. The van der Waals surface area contributed by atoms with Gasteiger partial charge < -0.3 is 25.0 Å². The van der Waals surface area contributed by atoms with Gasteiger partial charge in [-0.1, -0.05) is 59.7 Å². The fraction of sp³-hybridized carbons (Fsp3) is 0.629. The highest BCUT2D eigenvalue weighted by molar-refractivity contribution is 5.87. The minimum atomic E-state index is -2.81. The molecule has 4 rings (SSSR count). The van der Waals surface area contributed by atoms with E-state index in [0.29, 0.717) is 23.7 Å². The third-order valence-electron chi connectivity index (χ3n) is 9.47. The van der Waals surface area contributed by atoms with Crippen molar-refractivity contribution in [3.05, 3.63) is 53.2 Å². The van der Waals surface area contributed by atoms with Crippen molar-refractivity contribution in [2.45, 2.75) is 103 Å². The van der Waals surface area contributed by atoms with E-state index >= 15 is 0 Å². The first-order valence-corrected chi connectivity index (χ1v) is 15.8. The van der Waals surface area contributed by atoms with Gasteiger partial charge in [-0.3, -0.25) is 4.79 Å². The van der Waals surface area contributed by atoms with Crippen LogP contribution >= 0.6 is 0 Å². The summed E-state index contributed by atoms with van der Waals surface area (Å²) in [5.41, 5.74) is 2.11. The van der Waals surface area contributed by atoms with Crippen molar-refractivity contribution >= 4 is 17.7 Å². The molecule has 10 heteroatoms. The summed E-state index contributed by atoms with van der Waals surface area (Å²) in [7, 11) is 5.34. The molecule has 0 bridgehead atoms. The number of carbonyl (C=O) groups excluding carboxylic acids is 1. The van der Waals surface area contributed by atoms with Gasteiger partial charge in [0.05, 0.1) is 13.2 Å². The Hall–Kier alpha value is -3.27. The number of ether oxygens (including phenoxy) is 1. The number of carbonyl (C=O) groups is 2. The molecule has 1 aromatic carbocycles. The van der Waals surface area contributed by atoms with Gasteiger partial charge in [-0.15, -0.1) is 0 Å². The SMILES string of the molecule is COc1ccc(C(C)(C)C)cc1CN[C@H]1[C@H](C(C)(C)C)[C@@H](C(=O)O)N(C(=O)C2CCC(F)(F)CC2)[C@H]1c1cccnc1N(C)C. The van der Waals surface area contributed by atoms with Crippen LogP contribution in [-0.4, -0.2) is 66.1 Å². The molecule has 0 spiro atoms. The number of halogens is 2. The number of pyridine rings is 1. The predicted octanol–water partition coefficient (Wildman–Crippen LogP) is 6.44. The molecule has 1 aromatic heterocycles. The normalized spacial score (nSPS) is 24.0. The fourth-order valence-electron chi connectivity index (χ4n) is 7.18. The Morgan fingerprint density at radius 2 is 1.76 bits per heavy atom. The highest BCUT2D eigenvalue weighted by Crippen LogP contribution is 2.51. The summed E-state index contributed by atoms with van der Waals surface area (Å²) in [6, 6.07) is 7.38. The number of rotatable bonds is 8. The fourth-order valence-corrected chi connectivity index (χ4v) is 7.18. The van der Waals surface area contributed by atoms with E-state index in [1.807, 2.05) is 58.0 Å². The Morgan fingerprint density at radius 3 is 2.29 bits per heavy atom. The molecule has 2 heterocycles. The van der Waals surface area contributed by atoms with Crippen LogP contribution in [0.1, 0.15) is 90.0 Å². The van der Waals surface area contributed by atoms with Crippen LogP contribution in [0.4, 0.5) is 14.6 Å². The molecule has 1 saturated heterocycles. The first-order chi connectivity index (χ1) is 20.9. The Bertz CT molecular complexity index is 1370. The lowest BCUT2D eigenvalue weighted by Gasteiger charge is -2.37. The van der Waals surface area contributed by atoms with Crippen LogP contribution in [0, 0.1) is 17.3 Å². The number of amides is 1. The largest absolute Gasteiger partial charge is 0.496 e. The molecule has 2 N–H and O–H groups in total. The second kappa shape index (κ2) is 12.9. The lowest BCUT2D eigenvalue weighted by molar-refractivity contribution is -0.156. The number of methoxy groups -OCH3 is 1. The average Bonchev–Trinajstić information content (AvgIpc) is 3.31. The number of anilines is 1. The number of aromatic nitrogens is 1. The summed E-state index contributed by atoms with van der Waals surface area (Å²) >= 11 is 0. The molecule has 2 aliphatic rings. The van der Waals surface area contributed by atoms with Crippen molar-refractivity contribution < 1.29 is 28.2 Å². The van der Waals surface area contributed by atoms with Crippen molar-refractivity contribution in [3.8, 4) is 5.75 Å². The molecule has 248 valence electrons. The number of nitrogens with zero attached hydrogens (tertiary/aromatic N) is 3. The standard InChI is InChI=1S/C35H50F2N4O4/c1-33(2,3)23-12-13-25(45-9)22(19-23)20-39-27-26(34(4,5)6)29(32(43)44)41(31(42)21-14-16-35(36,37)17-15-21)28(27)24-11-10-18-38-30(24)40(7)8/h10-13,18-19,21,26-29,39H,14-17,20H2,1-9H3,(H,43,44)/t26-,27-,28-,29-/m0/s1. The van der Waals surface area contributed by atoms with Crippen molar-refractivity contribution in [3.63, 3.8) is 0 Å². The van der Waals surface area contributed by atoms with E-state index in [9.17, 15) is 23.5 Å². The van der Waals surface area contributed by atoms with Gasteiger partial charge >= 0.3 is 5.97 Å². The van der Waals surface area contributed by atoms with E-state index in [1.54, 1.807) is 19.4 Å². The van der Waals surface area contributed by atoms with Gasteiger partial charge in [0, 0.05) is 68.7 Å². The van der Waals surface area contributed by atoms with E-state index in [-0.39, 0.29) is 37.0 Å². The van der Waals surface area contributed by atoms with E-state index < -0.39 is 47.3 Å². The van der Waals surface area contributed by atoms with Gasteiger partial charge in [0.2, 0.25) is 11.8 Å². The first kappa shape index (κ1) is 34.6. The molecular weight excluding hydrogens is 578 g/mol. The van der Waals surface area contributed by atoms with Crippen LogP contribution in [0.15, 0.2) is 36.5 Å². The number of hydrogen-bond acceptors (Lipinski definition) is 6. The van der Waals surface area contributed by atoms with E-state index in [2.05, 4.69) is 37.1 Å². The van der Waals surface area contributed by atoms with E-state index in [4.69, 9.17) is 4.74 Å². The number of alkyl halides is 2. The van der Waals surface area contributed by atoms with Crippen LogP contribution in [0.3, 0.4) is 0 Å². The molecule has 2 aromatic rings. The third kappa shape index (κ3) is 7.26. The van der Waals surface area contributed by atoms with Crippen LogP contribution in [-0.2, 0) is 21.5 Å². The Morgan fingerprint density at radius 1 is 1.11 bits per heavy atom. The molecule has 0 unspecified atom stereocenters. The van der Waals surface area contributed by atoms with E-state index in [0.717, 1.165) is 11.1 Å². The molecule has 1 saturated carbocycles. The maximum Gasteiger partial charge on any atom is 0.326 e. The Labute approximate surface area is 266 Å². The highest BCUT2D eigenvalue weighted by Gasteiger charge is 2.59. The summed E-state index contributed by atoms with van der Waals surface area (Å²) in [4.78, 5) is 35.7. The van der Waals surface area contributed by atoms with Gasteiger partial charge in [-0.05, 0) is 41.4 Å². The lowest BCUT2D eigenvalue weighted by Crippen LogP contribution is -2.49. The molecule has 45 heavy (non-hydrogen) atoms. The number of likely N-dealkylation sites (tertiary alicyclic amines) is 1. The Balaban J connectivity index is 1.88. The van der Waals surface area contributed by atoms with Crippen molar-refractivity contribution in [2.75, 3.05) is 26.1 Å². The number of carboxylic acid groups (broad SMARTS) is 1. The second-order valence-electron chi connectivity index (χ2n) is 15.0. The summed E-state index contributed by atoms with van der Waals surface area (Å²) in [6.07, 6.45) is 0.937. The van der Waals surface area contributed by atoms with E-state index in [1.165, 1.54) is 4.90 Å². The number of benzene rings is 1. The molecule has 0 radical (unpaired) electrons. The van der Waals surface area contributed by atoms with Gasteiger partial charge in [0.1, 0.15) is 17.6 Å². The zero-order chi connectivity index (χ0) is 33.5. The first-order valence-electron chi connectivity index (χ1n) is 15.8. The molecular formula is C35H50F2N4O4. The molecule has 4 atom stereocenters. The number of nitrogens with one attached hydrogen (secondary N) is 1. The summed E-state index contributed by atoms with van der Waals surface area (Å²) < 4.78 is 34.0. The number of hydrogen-bond donors (Lipinski definition) is 2. The van der Waals surface area contributed by atoms with Crippen LogP contribution in [0.5, 0.6) is 5.75 Å². The second-order valence-corrected chi connectivity index (χ2v) is 15.0. The zero-order valence-corrected chi connectivity index (χ0v) is 28.2. The minimum Gasteiger partial charge on any atom is -0.496 e. The minimum absolute atomic E-state index is 0.0179. The molecule has 1 amide bonds. The quantitative estimate of drug-likeness (QED) is 0.348. The predicted molar refractivity (Wildman–Crippen MR) is 172 cm³/mol. The van der Waals surface area contributed by atoms with Crippen LogP contribution < -0.4 is 15.0 Å². The summed E-state index contributed by atoms with van der Waals surface area (Å²) in [6.45, 7) is 12.8. The number of carboxylic acids is 1. The third-order valence-corrected chi connectivity index (χ3v) is 9.47. The van der Waals surface area contributed by atoms with Gasteiger partial charge in [-0.25, -0.2) is 18.6 Å². The maximum absolute atomic E-state index is 14.5. The van der Waals surface area contributed by atoms with Crippen LogP contribution in [0.25, 0.3) is 0 Å². The van der Waals surface area contributed by atoms with Crippen molar-refractivity contribution in [1.29, 1.82) is 0 Å². The summed E-state index contributed by atoms with van der Waals surface area (Å²) in [5, 5.41) is 14.5. The smallest absolute Gasteiger partial charge is 0.326 e. The van der Waals surface area contributed by atoms with Crippen LogP contribution in [0.2, 0.25) is 0 Å². The average molecular weight is 629 g/mol. The molecule has 2 fully saturated rings. The van der Waals surface area contributed by atoms with Gasteiger partial charge in [0.25, 0.3) is 0 Å². The molecule has 1 aliphatic carbocycles. The van der Waals surface area contributed by atoms with Crippen molar-refractivity contribution in [1.82, 2.24) is 15.2 Å². The summed E-state index contributed by atoms with van der Waals surface area (Å²) in [5.74, 6) is -4.19. The number of aliphatic carboxylic acids is 1.